The Kier molecular flexibility index (Phi) is 6.78. The summed E-state index contributed by atoms with van der Waals surface area (Å²) in [4.78, 5) is 18.9. The smallest absolute Gasteiger partial charge is 0.244 e. The first-order valence-electron chi connectivity index (χ1n) is 9.48. The maximum Gasteiger partial charge on any atom is 0.244 e. The molecule has 2 heterocycles. The van der Waals surface area contributed by atoms with Gasteiger partial charge < -0.3 is 10.2 Å². The number of rotatable bonds is 6. The molecule has 9 heteroatoms. The summed E-state index contributed by atoms with van der Waals surface area (Å²) in [5.74, 6) is 0.0165. The van der Waals surface area contributed by atoms with E-state index in [2.05, 4.69) is 15.2 Å². The van der Waals surface area contributed by atoms with Gasteiger partial charge in [0.15, 0.2) is 0 Å². The van der Waals surface area contributed by atoms with E-state index in [1.807, 2.05) is 14.0 Å². The summed E-state index contributed by atoms with van der Waals surface area (Å²) in [5, 5.41) is 3.48. The lowest BCUT2D eigenvalue weighted by molar-refractivity contribution is -0.120. The maximum absolute atomic E-state index is 12.7. The second-order valence-corrected chi connectivity index (χ2v) is 10.6. The van der Waals surface area contributed by atoms with Crippen LogP contribution in [-0.2, 0) is 14.8 Å². The van der Waals surface area contributed by atoms with Crippen molar-refractivity contribution in [3.8, 4) is 0 Å². The number of hydrogen-bond acceptors (Lipinski definition) is 6. The fourth-order valence-electron chi connectivity index (χ4n) is 3.39. The monoisotopic (exact) mass is 412 g/mol. The number of sulfonamides is 1. The molecule has 2 fully saturated rings. The standard InChI is InChI=1S/C18H28N4O3S2/c1-14(18(23)20-15-5-3-4-6-15)26-17-8-7-16(13-19-17)27(24,25)22-11-9-21(2)10-12-22/h7-8,13-15H,3-6,9-12H2,1-2H3,(H,20,23)/t14-/m0/s1. The maximum atomic E-state index is 12.7. The number of nitrogens with one attached hydrogen (secondary N) is 1. The molecule has 2 aliphatic rings. The Balaban J connectivity index is 1.58. The van der Waals surface area contributed by atoms with E-state index in [0.717, 1.165) is 25.9 Å². The zero-order valence-electron chi connectivity index (χ0n) is 15.9. The normalized spacial score (nSPS) is 21.3. The molecule has 0 bridgehead atoms. The van der Waals surface area contributed by atoms with Gasteiger partial charge in [-0.05, 0) is 38.9 Å². The zero-order valence-corrected chi connectivity index (χ0v) is 17.6. The van der Waals surface area contributed by atoms with Crippen LogP contribution in [0.15, 0.2) is 28.3 Å². The van der Waals surface area contributed by atoms with Crippen LogP contribution in [0, 0.1) is 0 Å². The second kappa shape index (κ2) is 8.89. The molecule has 0 aromatic carbocycles. The third kappa shape index (κ3) is 5.22. The van der Waals surface area contributed by atoms with Crippen LogP contribution in [0.3, 0.4) is 0 Å². The van der Waals surface area contributed by atoms with E-state index in [9.17, 15) is 13.2 Å². The molecule has 1 aromatic rings. The van der Waals surface area contributed by atoms with Crippen LogP contribution in [0.2, 0.25) is 0 Å². The molecule has 0 radical (unpaired) electrons. The lowest BCUT2D eigenvalue weighted by Gasteiger charge is -2.31. The molecule has 1 aliphatic heterocycles. The Bertz CT molecular complexity index is 740. The molecule has 27 heavy (non-hydrogen) atoms. The van der Waals surface area contributed by atoms with Gasteiger partial charge in [-0.1, -0.05) is 24.6 Å². The molecule has 1 saturated carbocycles. The van der Waals surface area contributed by atoms with Crippen molar-refractivity contribution in [1.82, 2.24) is 19.5 Å². The number of likely N-dealkylation sites (N-methyl/N-ethyl adjacent to an activating group) is 1. The van der Waals surface area contributed by atoms with E-state index in [1.54, 1.807) is 12.1 Å². The molecule has 3 rings (SSSR count). The largest absolute Gasteiger partial charge is 0.352 e. The van der Waals surface area contributed by atoms with Crippen LogP contribution < -0.4 is 5.32 Å². The number of piperazine rings is 1. The van der Waals surface area contributed by atoms with Crippen molar-refractivity contribution in [2.45, 2.75) is 53.8 Å². The van der Waals surface area contributed by atoms with Crippen LogP contribution in [0.25, 0.3) is 0 Å². The summed E-state index contributed by atoms with van der Waals surface area (Å²) in [6.45, 7) is 4.30. The summed E-state index contributed by atoms with van der Waals surface area (Å²) in [7, 11) is -1.52. The van der Waals surface area contributed by atoms with Crippen LogP contribution in [0.1, 0.15) is 32.6 Å². The number of amides is 1. The average Bonchev–Trinajstić information content (AvgIpc) is 3.15. The lowest BCUT2D eigenvalue weighted by Crippen LogP contribution is -2.47. The van der Waals surface area contributed by atoms with E-state index < -0.39 is 10.0 Å². The number of carbonyl (C=O) groups is 1. The molecule has 1 aromatic heterocycles. The molecule has 1 atom stereocenters. The van der Waals surface area contributed by atoms with Gasteiger partial charge in [-0.15, -0.1) is 0 Å². The number of aromatic nitrogens is 1. The molecule has 1 amide bonds. The fourth-order valence-corrected chi connectivity index (χ4v) is 5.56. The SMILES string of the molecule is C[C@H](Sc1ccc(S(=O)(=O)N2CCN(C)CC2)cn1)C(=O)NC1CCCC1. The van der Waals surface area contributed by atoms with Crippen LogP contribution >= 0.6 is 11.8 Å². The quantitative estimate of drug-likeness (QED) is 0.714. The Labute approximate surface area is 165 Å². The zero-order chi connectivity index (χ0) is 19.4. The van der Waals surface area contributed by atoms with Crippen molar-refractivity contribution in [3.63, 3.8) is 0 Å². The first-order chi connectivity index (χ1) is 12.9. The van der Waals surface area contributed by atoms with Crippen molar-refractivity contribution >= 4 is 27.7 Å². The van der Waals surface area contributed by atoms with Crippen LogP contribution in [-0.4, -0.2) is 73.0 Å². The minimum absolute atomic E-state index is 0.0165. The number of hydrogen-bond donors (Lipinski definition) is 1. The molecule has 150 valence electrons. The minimum atomic E-state index is -3.51. The number of thioether (sulfide) groups is 1. The van der Waals surface area contributed by atoms with Gasteiger partial charge in [0.1, 0.15) is 4.90 Å². The van der Waals surface area contributed by atoms with Crippen molar-refractivity contribution in [3.05, 3.63) is 18.3 Å². The van der Waals surface area contributed by atoms with E-state index in [0.29, 0.717) is 24.2 Å². The number of carbonyl (C=O) groups excluding carboxylic acids is 1. The third-order valence-electron chi connectivity index (χ3n) is 5.18. The summed E-state index contributed by atoms with van der Waals surface area (Å²) in [6, 6.07) is 3.57. The molecule has 0 spiro atoms. The number of nitrogens with zero attached hydrogens (tertiary/aromatic N) is 3. The van der Waals surface area contributed by atoms with Gasteiger partial charge in [-0.2, -0.15) is 4.31 Å². The highest BCUT2D eigenvalue weighted by Gasteiger charge is 2.28. The summed E-state index contributed by atoms with van der Waals surface area (Å²) in [5.41, 5.74) is 0. The van der Waals surface area contributed by atoms with Crippen LogP contribution in [0.4, 0.5) is 0 Å². The summed E-state index contributed by atoms with van der Waals surface area (Å²) in [6.07, 6.45) is 5.87. The molecule has 1 saturated heterocycles. The van der Waals surface area contributed by atoms with Crippen LogP contribution in [0.5, 0.6) is 0 Å². The number of pyridine rings is 1. The molecule has 0 unspecified atom stereocenters. The Morgan fingerprint density at radius 2 is 1.89 bits per heavy atom. The van der Waals surface area contributed by atoms with Gasteiger partial charge in [-0.3, -0.25) is 4.79 Å². The van der Waals surface area contributed by atoms with Crippen molar-refractivity contribution in [1.29, 1.82) is 0 Å². The Hall–Kier alpha value is -1.16. The van der Waals surface area contributed by atoms with E-state index in [1.165, 1.54) is 35.1 Å². The van der Waals surface area contributed by atoms with Crippen molar-refractivity contribution in [2.75, 3.05) is 33.2 Å². The van der Waals surface area contributed by atoms with Crippen molar-refractivity contribution < 1.29 is 13.2 Å². The topological polar surface area (TPSA) is 82.6 Å². The predicted molar refractivity (Wildman–Crippen MR) is 106 cm³/mol. The Morgan fingerprint density at radius 3 is 2.48 bits per heavy atom. The van der Waals surface area contributed by atoms with E-state index in [-0.39, 0.29) is 16.1 Å². The van der Waals surface area contributed by atoms with Gasteiger partial charge in [0, 0.05) is 38.4 Å². The van der Waals surface area contributed by atoms with Gasteiger partial charge >= 0.3 is 0 Å². The molecular formula is C18H28N4O3S2. The lowest BCUT2D eigenvalue weighted by atomic mass is 10.2. The van der Waals surface area contributed by atoms with Crippen molar-refractivity contribution in [2.24, 2.45) is 0 Å². The second-order valence-electron chi connectivity index (χ2n) is 7.29. The molecule has 1 N–H and O–H groups in total. The highest BCUT2D eigenvalue weighted by molar-refractivity contribution is 8.00. The first-order valence-corrected chi connectivity index (χ1v) is 11.8. The Morgan fingerprint density at radius 1 is 1.22 bits per heavy atom. The summed E-state index contributed by atoms with van der Waals surface area (Å²) >= 11 is 1.35. The molecule has 1 aliphatic carbocycles. The fraction of sp³-hybridized carbons (Fsp3) is 0.667. The predicted octanol–water partition coefficient (Wildman–Crippen LogP) is 1.56. The third-order valence-corrected chi connectivity index (χ3v) is 8.11. The first kappa shape index (κ1) is 20.6. The van der Waals surface area contributed by atoms with Gasteiger partial charge in [0.05, 0.1) is 10.3 Å². The van der Waals surface area contributed by atoms with E-state index >= 15 is 0 Å². The summed E-state index contributed by atoms with van der Waals surface area (Å²) < 4.78 is 27.0. The molecular weight excluding hydrogens is 384 g/mol. The average molecular weight is 413 g/mol. The van der Waals surface area contributed by atoms with E-state index in [4.69, 9.17) is 0 Å². The molecule has 7 nitrogen and oxygen atoms in total. The minimum Gasteiger partial charge on any atom is -0.352 e. The van der Waals surface area contributed by atoms with Gasteiger partial charge in [0.25, 0.3) is 0 Å². The highest BCUT2D eigenvalue weighted by Crippen LogP contribution is 2.25. The van der Waals surface area contributed by atoms with Gasteiger partial charge in [-0.25, -0.2) is 13.4 Å². The highest BCUT2D eigenvalue weighted by atomic mass is 32.2. The van der Waals surface area contributed by atoms with Gasteiger partial charge in [0.2, 0.25) is 15.9 Å².